The maximum absolute atomic E-state index is 5.85. The molecular weight excluding hydrogens is 214 g/mol. The minimum absolute atomic E-state index is 0.796. The zero-order valence-corrected chi connectivity index (χ0v) is 9.80. The van der Waals surface area contributed by atoms with E-state index in [4.69, 9.17) is 5.73 Å². The lowest BCUT2D eigenvalue weighted by atomic mass is 10.1. The molecular formula is C12H15N5. The Morgan fingerprint density at radius 3 is 3.06 bits per heavy atom. The molecule has 2 aromatic rings. The summed E-state index contributed by atoms with van der Waals surface area (Å²) in [5.74, 6) is 1.01. The van der Waals surface area contributed by atoms with E-state index in [1.807, 2.05) is 12.1 Å². The molecule has 0 unspecified atom stereocenters. The van der Waals surface area contributed by atoms with Gasteiger partial charge in [0.2, 0.25) is 0 Å². The number of aryl methyl sites for hydroxylation is 1. The highest BCUT2D eigenvalue weighted by atomic mass is 15.3. The molecule has 17 heavy (non-hydrogen) atoms. The molecule has 0 aliphatic carbocycles. The van der Waals surface area contributed by atoms with Crippen LogP contribution in [-0.4, -0.2) is 21.3 Å². The smallest absolute Gasteiger partial charge is 0.152 e. The van der Waals surface area contributed by atoms with Gasteiger partial charge in [0.05, 0.1) is 6.54 Å². The van der Waals surface area contributed by atoms with Crippen LogP contribution in [0.15, 0.2) is 24.5 Å². The van der Waals surface area contributed by atoms with Gasteiger partial charge in [-0.3, -0.25) is 0 Å². The van der Waals surface area contributed by atoms with Crippen LogP contribution in [0.3, 0.4) is 0 Å². The van der Waals surface area contributed by atoms with Crippen molar-refractivity contribution in [3.05, 3.63) is 35.9 Å². The zero-order chi connectivity index (χ0) is 11.8. The lowest BCUT2D eigenvalue weighted by Crippen LogP contribution is -2.34. The van der Waals surface area contributed by atoms with Crippen LogP contribution in [-0.2, 0) is 13.1 Å². The summed E-state index contributed by atoms with van der Waals surface area (Å²) in [5, 5.41) is 8.06. The average Bonchev–Trinajstić information content (AvgIpc) is 2.79. The number of anilines is 2. The van der Waals surface area contributed by atoms with Crippen LogP contribution < -0.4 is 10.6 Å². The maximum Gasteiger partial charge on any atom is 0.152 e. The second-order valence-electron chi connectivity index (χ2n) is 4.41. The van der Waals surface area contributed by atoms with Crippen LogP contribution in [0, 0.1) is 6.92 Å². The van der Waals surface area contributed by atoms with Crippen molar-refractivity contribution in [2.75, 3.05) is 17.2 Å². The minimum Gasteiger partial charge on any atom is -0.399 e. The van der Waals surface area contributed by atoms with Gasteiger partial charge >= 0.3 is 0 Å². The lowest BCUT2D eigenvalue weighted by molar-refractivity contribution is 0.559. The Labute approximate surface area is 99.9 Å². The Kier molecular flexibility index (Phi) is 2.24. The van der Waals surface area contributed by atoms with Gasteiger partial charge in [-0.05, 0) is 24.6 Å². The number of benzene rings is 1. The first-order valence-electron chi connectivity index (χ1n) is 5.72. The van der Waals surface area contributed by atoms with Gasteiger partial charge in [0.25, 0.3) is 0 Å². The highest BCUT2D eigenvalue weighted by Crippen LogP contribution is 2.25. The Hall–Kier alpha value is -2.04. The van der Waals surface area contributed by atoms with E-state index >= 15 is 0 Å². The third-order valence-corrected chi connectivity index (χ3v) is 3.21. The van der Waals surface area contributed by atoms with Crippen LogP contribution in [0.1, 0.15) is 11.4 Å². The third kappa shape index (κ3) is 1.73. The van der Waals surface area contributed by atoms with Gasteiger partial charge in [-0.25, -0.2) is 0 Å². The molecule has 0 atom stereocenters. The van der Waals surface area contributed by atoms with Crippen molar-refractivity contribution in [2.45, 2.75) is 20.0 Å². The minimum atomic E-state index is 0.796. The number of hydrogen-bond donors (Lipinski definition) is 1. The summed E-state index contributed by atoms with van der Waals surface area (Å²) < 4.78 is 2.10. The molecule has 1 aromatic carbocycles. The Bertz CT molecular complexity index is 546. The van der Waals surface area contributed by atoms with Crippen LogP contribution in [0.25, 0.3) is 0 Å². The van der Waals surface area contributed by atoms with Gasteiger partial charge in [-0.1, -0.05) is 6.07 Å². The summed E-state index contributed by atoms with van der Waals surface area (Å²) in [6.07, 6.45) is 1.79. The van der Waals surface area contributed by atoms with Gasteiger partial charge in [0, 0.05) is 24.5 Å². The van der Waals surface area contributed by atoms with Crippen molar-refractivity contribution in [3.63, 3.8) is 0 Å². The van der Waals surface area contributed by atoms with Crippen LogP contribution in [0.5, 0.6) is 0 Å². The molecule has 0 fully saturated rings. The number of hydrogen-bond acceptors (Lipinski definition) is 4. The predicted molar refractivity (Wildman–Crippen MR) is 66.7 cm³/mol. The fourth-order valence-corrected chi connectivity index (χ4v) is 2.24. The maximum atomic E-state index is 5.85. The molecule has 0 radical (unpaired) electrons. The van der Waals surface area contributed by atoms with E-state index in [-0.39, 0.29) is 0 Å². The molecule has 0 spiro atoms. The third-order valence-electron chi connectivity index (χ3n) is 3.21. The highest BCUT2D eigenvalue weighted by Gasteiger charge is 2.18. The molecule has 1 aliphatic heterocycles. The standard InChI is InChI=1S/C12H15N5/c1-9-2-3-10(13)6-11(9)16-4-5-17-8-14-15-12(17)7-16/h2-3,6,8H,4-5,7,13H2,1H3. The zero-order valence-electron chi connectivity index (χ0n) is 9.80. The average molecular weight is 229 g/mol. The number of nitrogens with two attached hydrogens (primary N) is 1. The molecule has 5 nitrogen and oxygen atoms in total. The normalized spacial score (nSPS) is 14.8. The first-order valence-corrected chi connectivity index (χ1v) is 5.72. The van der Waals surface area contributed by atoms with Crippen molar-refractivity contribution in [1.82, 2.24) is 14.8 Å². The van der Waals surface area contributed by atoms with E-state index in [0.29, 0.717) is 0 Å². The molecule has 2 heterocycles. The molecule has 88 valence electrons. The van der Waals surface area contributed by atoms with Crippen molar-refractivity contribution < 1.29 is 0 Å². The predicted octanol–water partition coefficient (Wildman–Crippen LogP) is 1.19. The monoisotopic (exact) mass is 229 g/mol. The molecule has 1 aromatic heterocycles. The number of rotatable bonds is 1. The topological polar surface area (TPSA) is 60.0 Å². The summed E-state index contributed by atoms with van der Waals surface area (Å²) in [6, 6.07) is 6.02. The SMILES string of the molecule is Cc1ccc(N)cc1N1CCn2cnnc2C1. The van der Waals surface area contributed by atoms with Gasteiger partial charge in [0.1, 0.15) is 6.33 Å². The molecule has 2 N–H and O–H groups in total. The molecule has 0 amide bonds. The summed E-state index contributed by atoms with van der Waals surface area (Å²) >= 11 is 0. The van der Waals surface area contributed by atoms with E-state index in [2.05, 4.69) is 32.7 Å². The van der Waals surface area contributed by atoms with Crippen molar-refractivity contribution in [2.24, 2.45) is 0 Å². The molecule has 0 saturated carbocycles. The largest absolute Gasteiger partial charge is 0.399 e. The fraction of sp³-hybridized carbons (Fsp3) is 0.333. The molecule has 5 heteroatoms. The van der Waals surface area contributed by atoms with E-state index in [1.165, 1.54) is 11.3 Å². The van der Waals surface area contributed by atoms with Crippen molar-refractivity contribution >= 4 is 11.4 Å². The van der Waals surface area contributed by atoms with E-state index < -0.39 is 0 Å². The quantitative estimate of drug-likeness (QED) is 0.746. The highest BCUT2D eigenvalue weighted by molar-refractivity contribution is 5.61. The molecule has 3 rings (SSSR count). The van der Waals surface area contributed by atoms with E-state index in [9.17, 15) is 0 Å². The summed E-state index contributed by atoms with van der Waals surface area (Å²) in [7, 11) is 0. The van der Waals surface area contributed by atoms with Crippen LogP contribution >= 0.6 is 0 Å². The summed E-state index contributed by atoms with van der Waals surface area (Å²) in [4.78, 5) is 2.30. The van der Waals surface area contributed by atoms with E-state index in [0.717, 1.165) is 31.1 Å². The number of fused-ring (bicyclic) bond motifs is 1. The van der Waals surface area contributed by atoms with E-state index in [1.54, 1.807) is 6.33 Å². The lowest BCUT2D eigenvalue weighted by Gasteiger charge is -2.30. The summed E-state index contributed by atoms with van der Waals surface area (Å²) in [6.45, 7) is 4.80. The Morgan fingerprint density at radius 2 is 2.18 bits per heavy atom. The fourth-order valence-electron chi connectivity index (χ4n) is 2.24. The van der Waals surface area contributed by atoms with Gasteiger partial charge in [-0.2, -0.15) is 0 Å². The van der Waals surface area contributed by atoms with Gasteiger partial charge in [0.15, 0.2) is 5.82 Å². The number of nitrogen functional groups attached to an aromatic ring is 1. The Morgan fingerprint density at radius 1 is 1.29 bits per heavy atom. The second-order valence-corrected chi connectivity index (χ2v) is 4.41. The molecule has 0 saturated heterocycles. The Balaban J connectivity index is 1.94. The summed E-state index contributed by atoms with van der Waals surface area (Å²) in [5.41, 5.74) is 9.09. The van der Waals surface area contributed by atoms with Gasteiger partial charge < -0.3 is 15.2 Å². The molecule has 1 aliphatic rings. The van der Waals surface area contributed by atoms with Crippen molar-refractivity contribution in [3.8, 4) is 0 Å². The van der Waals surface area contributed by atoms with Crippen LogP contribution in [0.2, 0.25) is 0 Å². The second kappa shape index (κ2) is 3.76. The first-order chi connectivity index (χ1) is 8.24. The first kappa shape index (κ1) is 10.1. The molecule has 0 bridgehead atoms. The number of nitrogens with zero attached hydrogens (tertiary/aromatic N) is 4. The van der Waals surface area contributed by atoms with Crippen molar-refractivity contribution in [1.29, 1.82) is 0 Å². The van der Waals surface area contributed by atoms with Gasteiger partial charge in [-0.15, -0.1) is 10.2 Å². The van der Waals surface area contributed by atoms with Crippen LogP contribution in [0.4, 0.5) is 11.4 Å². The number of aromatic nitrogens is 3.